The van der Waals surface area contributed by atoms with Crippen molar-refractivity contribution in [2.24, 2.45) is 20.0 Å². The van der Waals surface area contributed by atoms with Gasteiger partial charge in [-0.3, -0.25) is 9.67 Å². The third kappa shape index (κ3) is 4.05. The molecule has 5 heterocycles. The molecule has 5 aromatic rings. The maximum Gasteiger partial charge on any atom is 0.264 e. The molecule has 1 fully saturated rings. The van der Waals surface area contributed by atoms with Crippen molar-refractivity contribution in [3.8, 4) is 11.3 Å². The van der Waals surface area contributed by atoms with E-state index in [1.807, 2.05) is 32.2 Å². The number of sulfonamides is 1. The van der Waals surface area contributed by atoms with E-state index in [0.29, 0.717) is 29.8 Å². The summed E-state index contributed by atoms with van der Waals surface area (Å²) in [6, 6.07) is 12.2. The fraction of sp³-hybridized carbons (Fsp3) is 0.407. The summed E-state index contributed by atoms with van der Waals surface area (Å²) in [5.74, 6) is 0.221. The first-order valence-electron chi connectivity index (χ1n) is 13.0. The first-order valence-corrected chi connectivity index (χ1v) is 14.4. The third-order valence-electron chi connectivity index (χ3n) is 7.71. The molecule has 0 radical (unpaired) electrons. The average Bonchev–Trinajstić information content (AvgIpc) is 3.56. The molecule has 1 aliphatic heterocycles. The maximum absolute atomic E-state index is 13.6. The van der Waals surface area contributed by atoms with E-state index in [2.05, 4.69) is 38.2 Å². The number of pyridine rings is 1. The van der Waals surface area contributed by atoms with Crippen molar-refractivity contribution in [1.29, 1.82) is 0 Å². The molecule has 12 heteroatoms. The third-order valence-corrected chi connectivity index (χ3v) is 9.43. The van der Waals surface area contributed by atoms with Gasteiger partial charge in [0.15, 0.2) is 0 Å². The zero-order chi connectivity index (χ0) is 27.5. The zero-order valence-corrected chi connectivity index (χ0v) is 23.6. The summed E-state index contributed by atoms with van der Waals surface area (Å²) in [7, 11) is 2.83. The molecule has 1 unspecified atom stereocenters. The van der Waals surface area contributed by atoms with E-state index < -0.39 is 10.0 Å². The molecule has 6 rings (SSSR count). The van der Waals surface area contributed by atoms with Gasteiger partial charge in [0, 0.05) is 53.2 Å². The molecule has 1 saturated heterocycles. The Hall–Kier alpha value is -3.61. The van der Waals surface area contributed by atoms with Crippen LogP contribution in [0.15, 0.2) is 47.6 Å². The van der Waals surface area contributed by atoms with E-state index in [9.17, 15) is 8.42 Å². The Morgan fingerprint density at radius 2 is 1.77 bits per heavy atom. The highest BCUT2D eigenvalue weighted by Crippen LogP contribution is 2.43. The van der Waals surface area contributed by atoms with Crippen molar-refractivity contribution >= 4 is 32.1 Å². The van der Waals surface area contributed by atoms with E-state index in [0.717, 1.165) is 40.9 Å². The highest BCUT2D eigenvalue weighted by atomic mass is 32.2. The van der Waals surface area contributed by atoms with Crippen molar-refractivity contribution in [3.05, 3.63) is 53.9 Å². The Labute approximate surface area is 227 Å². The van der Waals surface area contributed by atoms with Crippen molar-refractivity contribution in [3.63, 3.8) is 0 Å². The van der Waals surface area contributed by atoms with E-state index >= 15 is 0 Å². The number of nitrogens with zero attached hydrogens (tertiary/aromatic N) is 8. The Morgan fingerprint density at radius 1 is 1.05 bits per heavy atom. The van der Waals surface area contributed by atoms with E-state index in [4.69, 9.17) is 9.72 Å². The molecule has 204 valence electrons. The van der Waals surface area contributed by atoms with Gasteiger partial charge >= 0.3 is 0 Å². The lowest BCUT2D eigenvalue weighted by molar-refractivity contribution is 0.0552. The number of hydrogen-bond acceptors (Lipinski definition) is 7. The lowest BCUT2D eigenvalue weighted by atomic mass is 9.86. The lowest BCUT2D eigenvalue weighted by Gasteiger charge is -2.33. The minimum absolute atomic E-state index is 0.0240. The van der Waals surface area contributed by atoms with Crippen molar-refractivity contribution < 1.29 is 13.2 Å². The molecule has 1 atom stereocenters. The number of hydrogen-bond donors (Lipinski definition) is 0. The van der Waals surface area contributed by atoms with Crippen LogP contribution in [0.25, 0.3) is 33.3 Å². The van der Waals surface area contributed by atoms with Gasteiger partial charge in [-0.05, 0) is 37.3 Å². The lowest BCUT2D eigenvalue weighted by Crippen LogP contribution is -2.28. The van der Waals surface area contributed by atoms with E-state index in [1.165, 1.54) is 18.4 Å². The summed E-state index contributed by atoms with van der Waals surface area (Å²) < 4.78 is 39.8. The molecule has 0 saturated carbocycles. The zero-order valence-electron chi connectivity index (χ0n) is 22.7. The number of rotatable bonds is 6. The first kappa shape index (κ1) is 25.7. The smallest absolute Gasteiger partial charge is 0.264 e. The van der Waals surface area contributed by atoms with Crippen LogP contribution in [0.3, 0.4) is 0 Å². The normalized spacial score (nSPS) is 16.1. The largest absolute Gasteiger partial charge is 0.381 e. The van der Waals surface area contributed by atoms with E-state index in [-0.39, 0.29) is 17.0 Å². The summed E-state index contributed by atoms with van der Waals surface area (Å²) in [5, 5.41) is 13.0. The van der Waals surface area contributed by atoms with Crippen LogP contribution in [0.5, 0.6) is 0 Å². The molecule has 39 heavy (non-hydrogen) atoms. The molecule has 1 aliphatic rings. The van der Waals surface area contributed by atoms with E-state index in [1.54, 1.807) is 22.6 Å². The van der Waals surface area contributed by atoms with Crippen LogP contribution in [0, 0.1) is 12.8 Å². The van der Waals surface area contributed by atoms with Gasteiger partial charge in [0.1, 0.15) is 16.6 Å². The number of fused-ring (bicyclic) bond motifs is 3. The maximum atomic E-state index is 13.6. The van der Waals surface area contributed by atoms with Gasteiger partial charge in [0.05, 0.1) is 22.9 Å². The molecule has 0 spiro atoms. The molecule has 0 bridgehead atoms. The van der Waals surface area contributed by atoms with Crippen LogP contribution in [0.2, 0.25) is 0 Å². The SMILES string of the molecule is Cc1nnn(C)c1-c1cnc2c3c(c(S(=O)(=O)N(C)C)nn3C)n(C(c3ccccc3)C3CCOCC3)c2c1. The Balaban J connectivity index is 1.76. The number of ether oxygens (including phenoxy) is 1. The summed E-state index contributed by atoms with van der Waals surface area (Å²) in [6.45, 7) is 3.24. The number of benzene rings is 1. The summed E-state index contributed by atoms with van der Waals surface area (Å²) in [6.07, 6.45) is 3.51. The highest BCUT2D eigenvalue weighted by molar-refractivity contribution is 7.89. The van der Waals surface area contributed by atoms with Crippen molar-refractivity contribution in [1.82, 2.24) is 38.6 Å². The van der Waals surface area contributed by atoms with Crippen LogP contribution < -0.4 is 0 Å². The van der Waals surface area contributed by atoms with Crippen LogP contribution >= 0.6 is 0 Å². The van der Waals surface area contributed by atoms with Crippen LogP contribution in [0.4, 0.5) is 0 Å². The predicted molar refractivity (Wildman–Crippen MR) is 148 cm³/mol. The number of aromatic nitrogens is 7. The van der Waals surface area contributed by atoms with Gasteiger partial charge < -0.3 is 9.30 Å². The van der Waals surface area contributed by atoms with Crippen LogP contribution in [-0.4, -0.2) is 74.4 Å². The van der Waals surface area contributed by atoms with Gasteiger partial charge in [0.2, 0.25) is 5.03 Å². The van der Waals surface area contributed by atoms with Gasteiger partial charge in [0.25, 0.3) is 10.0 Å². The molecule has 4 aromatic heterocycles. The van der Waals surface area contributed by atoms with Crippen LogP contribution in [-0.2, 0) is 28.9 Å². The van der Waals surface area contributed by atoms with Gasteiger partial charge in [-0.15, -0.1) is 5.10 Å². The predicted octanol–water partition coefficient (Wildman–Crippen LogP) is 3.29. The Kier molecular flexibility index (Phi) is 6.28. The molecule has 0 aliphatic carbocycles. The summed E-state index contributed by atoms with van der Waals surface area (Å²) in [4.78, 5) is 4.91. The standard InChI is InChI=1S/C27H32N8O3S/c1-17-23(34(5)31-29-17)20-15-21-22(28-16-20)25-26(27(30-33(25)4)39(36,37)32(2)3)35(21)24(18-9-7-6-8-10-18)19-11-13-38-14-12-19/h6-10,15-16,19,24H,11-14H2,1-5H3. The molecule has 11 nitrogen and oxygen atoms in total. The van der Waals surface area contributed by atoms with Gasteiger partial charge in [-0.2, -0.15) is 5.10 Å². The molecule has 0 amide bonds. The highest BCUT2D eigenvalue weighted by Gasteiger charge is 2.36. The molecule has 1 aromatic carbocycles. The van der Waals surface area contributed by atoms with Crippen molar-refractivity contribution in [2.45, 2.75) is 30.8 Å². The fourth-order valence-electron chi connectivity index (χ4n) is 5.85. The monoisotopic (exact) mass is 548 g/mol. The number of aryl methyl sites for hydroxylation is 3. The fourth-order valence-corrected chi connectivity index (χ4v) is 6.86. The Bertz CT molecular complexity index is 1760. The summed E-state index contributed by atoms with van der Waals surface area (Å²) >= 11 is 0. The second-order valence-electron chi connectivity index (χ2n) is 10.3. The first-order chi connectivity index (χ1) is 18.7. The Morgan fingerprint density at radius 3 is 2.41 bits per heavy atom. The van der Waals surface area contributed by atoms with Gasteiger partial charge in [-0.1, -0.05) is 35.5 Å². The quantitative estimate of drug-likeness (QED) is 0.320. The minimum Gasteiger partial charge on any atom is -0.381 e. The second kappa shape index (κ2) is 9.54. The van der Waals surface area contributed by atoms with Crippen molar-refractivity contribution in [2.75, 3.05) is 27.3 Å². The molecule has 0 N–H and O–H groups in total. The minimum atomic E-state index is -3.86. The molecular formula is C27H32N8O3S. The van der Waals surface area contributed by atoms with Gasteiger partial charge in [-0.25, -0.2) is 17.4 Å². The van der Waals surface area contributed by atoms with Crippen LogP contribution in [0.1, 0.15) is 30.1 Å². The summed E-state index contributed by atoms with van der Waals surface area (Å²) in [5.41, 5.74) is 6.40. The topological polar surface area (TPSA) is 113 Å². The molecular weight excluding hydrogens is 516 g/mol. The second-order valence-corrected chi connectivity index (χ2v) is 12.4. The average molecular weight is 549 g/mol.